The predicted molar refractivity (Wildman–Crippen MR) is 253 cm³/mol. The molecule has 0 unspecified atom stereocenters. The molecule has 0 N–H and O–H groups in total. The summed E-state index contributed by atoms with van der Waals surface area (Å²) in [5.74, 6) is 0. The second kappa shape index (κ2) is 14.6. The standard InChI is InChI=1S/C58H39N/c1-2-8-40(9-3-1)41-14-16-42(17-15-41)43-22-30-52(31-23-43)59(53-32-24-44(25-33-53)48-28-36-57-50(38-48)20-18-46-10-4-6-12-55(46)57)54-34-26-45(27-35-54)49-29-37-58-51(39-49)21-19-47-11-5-7-13-56(47)58/h1-39H. The maximum absolute atomic E-state index is 2.36. The van der Waals surface area contributed by atoms with E-state index in [9.17, 15) is 0 Å². The van der Waals surface area contributed by atoms with E-state index in [-0.39, 0.29) is 0 Å². The van der Waals surface area contributed by atoms with Crippen LogP contribution in [0.2, 0.25) is 0 Å². The first-order chi connectivity index (χ1) is 29.2. The van der Waals surface area contributed by atoms with Crippen LogP contribution in [-0.2, 0) is 0 Å². The fraction of sp³-hybridized carbons (Fsp3) is 0. The summed E-state index contributed by atoms with van der Waals surface area (Å²) in [7, 11) is 0. The topological polar surface area (TPSA) is 3.24 Å². The van der Waals surface area contributed by atoms with Crippen LogP contribution >= 0.6 is 0 Å². The van der Waals surface area contributed by atoms with Gasteiger partial charge in [-0.2, -0.15) is 0 Å². The van der Waals surface area contributed by atoms with Crippen molar-refractivity contribution in [2.45, 2.75) is 0 Å². The Morgan fingerprint density at radius 1 is 0.186 bits per heavy atom. The van der Waals surface area contributed by atoms with Gasteiger partial charge in [-0.1, -0.05) is 188 Å². The Hall–Kier alpha value is -7.74. The largest absolute Gasteiger partial charge is 0.311 e. The number of anilines is 3. The van der Waals surface area contributed by atoms with Crippen LogP contribution in [0.15, 0.2) is 237 Å². The fourth-order valence-corrected chi connectivity index (χ4v) is 8.73. The minimum atomic E-state index is 1.10. The van der Waals surface area contributed by atoms with Gasteiger partial charge < -0.3 is 4.90 Å². The third kappa shape index (κ3) is 6.49. The fourth-order valence-electron chi connectivity index (χ4n) is 8.73. The maximum Gasteiger partial charge on any atom is 0.0462 e. The summed E-state index contributed by atoms with van der Waals surface area (Å²) < 4.78 is 0. The first-order valence-corrected chi connectivity index (χ1v) is 20.3. The summed E-state index contributed by atoms with van der Waals surface area (Å²) in [5, 5.41) is 10.2. The third-order valence-electron chi connectivity index (χ3n) is 11.9. The van der Waals surface area contributed by atoms with E-state index in [0.29, 0.717) is 0 Å². The van der Waals surface area contributed by atoms with Crippen molar-refractivity contribution in [3.05, 3.63) is 237 Å². The highest BCUT2D eigenvalue weighted by molar-refractivity contribution is 6.09. The van der Waals surface area contributed by atoms with Crippen molar-refractivity contribution in [3.8, 4) is 44.5 Å². The predicted octanol–water partition coefficient (Wildman–Crippen LogP) is 16.4. The van der Waals surface area contributed by atoms with Crippen LogP contribution in [0, 0.1) is 0 Å². The monoisotopic (exact) mass is 749 g/mol. The number of benzene rings is 11. The lowest BCUT2D eigenvalue weighted by Crippen LogP contribution is -2.09. The zero-order valence-electron chi connectivity index (χ0n) is 32.5. The lowest BCUT2D eigenvalue weighted by atomic mass is 9.97. The van der Waals surface area contributed by atoms with Crippen molar-refractivity contribution in [1.82, 2.24) is 0 Å². The van der Waals surface area contributed by atoms with Gasteiger partial charge in [0.1, 0.15) is 0 Å². The van der Waals surface area contributed by atoms with Gasteiger partial charge in [0.25, 0.3) is 0 Å². The van der Waals surface area contributed by atoms with E-state index in [1.54, 1.807) is 0 Å². The van der Waals surface area contributed by atoms with Gasteiger partial charge in [-0.3, -0.25) is 0 Å². The summed E-state index contributed by atoms with van der Waals surface area (Å²) >= 11 is 0. The second-order valence-electron chi connectivity index (χ2n) is 15.4. The molecule has 0 heterocycles. The van der Waals surface area contributed by atoms with Crippen LogP contribution < -0.4 is 4.90 Å². The number of fused-ring (bicyclic) bond motifs is 6. The quantitative estimate of drug-likeness (QED) is 0.147. The van der Waals surface area contributed by atoms with E-state index in [1.807, 2.05) is 0 Å². The van der Waals surface area contributed by atoms with Crippen LogP contribution in [-0.4, -0.2) is 0 Å². The third-order valence-corrected chi connectivity index (χ3v) is 11.9. The Balaban J connectivity index is 0.938. The lowest BCUT2D eigenvalue weighted by Gasteiger charge is -2.26. The Kier molecular flexibility index (Phi) is 8.56. The number of nitrogens with zero attached hydrogens (tertiary/aromatic N) is 1. The van der Waals surface area contributed by atoms with Gasteiger partial charge in [-0.05, 0) is 136 Å². The Labute approximate surface area is 344 Å². The van der Waals surface area contributed by atoms with Crippen molar-refractivity contribution in [1.29, 1.82) is 0 Å². The Bertz CT molecular complexity index is 3110. The van der Waals surface area contributed by atoms with Crippen LogP contribution in [0.5, 0.6) is 0 Å². The minimum absolute atomic E-state index is 1.10. The Morgan fingerprint density at radius 2 is 0.475 bits per heavy atom. The zero-order valence-corrected chi connectivity index (χ0v) is 32.5. The molecule has 0 aromatic heterocycles. The molecular formula is C58H39N. The molecule has 0 aliphatic rings. The molecule has 0 fully saturated rings. The summed E-state index contributed by atoms with van der Waals surface area (Å²) in [6, 6.07) is 86.2. The highest BCUT2D eigenvalue weighted by Gasteiger charge is 2.15. The summed E-state index contributed by atoms with van der Waals surface area (Å²) in [4.78, 5) is 2.36. The van der Waals surface area contributed by atoms with Crippen LogP contribution in [0.1, 0.15) is 0 Å². The Morgan fingerprint density at radius 3 is 0.898 bits per heavy atom. The molecule has 0 aliphatic carbocycles. The smallest absolute Gasteiger partial charge is 0.0462 e. The molecule has 0 radical (unpaired) electrons. The van der Waals surface area contributed by atoms with Crippen molar-refractivity contribution in [3.63, 3.8) is 0 Å². The molecule has 11 aromatic carbocycles. The molecule has 0 aliphatic heterocycles. The molecule has 0 saturated heterocycles. The van der Waals surface area contributed by atoms with Gasteiger partial charge in [0.05, 0.1) is 0 Å². The highest BCUT2D eigenvalue weighted by atomic mass is 15.1. The highest BCUT2D eigenvalue weighted by Crippen LogP contribution is 2.39. The number of hydrogen-bond donors (Lipinski definition) is 0. The molecule has 0 bridgehead atoms. The van der Waals surface area contributed by atoms with Crippen LogP contribution in [0.25, 0.3) is 87.6 Å². The molecule has 1 heteroatoms. The molecule has 59 heavy (non-hydrogen) atoms. The molecule has 276 valence electrons. The number of rotatable bonds is 7. The average molecular weight is 750 g/mol. The summed E-state index contributed by atoms with van der Waals surface area (Å²) in [6.07, 6.45) is 0. The summed E-state index contributed by atoms with van der Waals surface area (Å²) in [5.41, 5.74) is 12.9. The molecular weight excluding hydrogens is 711 g/mol. The van der Waals surface area contributed by atoms with Gasteiger partial charge in [-0.25, -0.2) is 0 Å². The second-order valence-corrected chi connectivity index (χ2v) is 15.4. The SMILES string of the molecule is c1ccc(-c2ccc(-c3ccc(N(c4ccc(-c5ccc6c(ccc7ccccc76)c5)cc4)c4ccc(-c5ccc6c(ccc7ccccc76)c5)cc4)cc3)cc2)cc1. The van der Waals surface area contributed by atoms with E-state index < -0.39 is 0 Å². The van der Waals surface area contributed by atoms with Crippen LogP contribution in [0.3, 0.4) is 0 Å². The number of hydrogen-bond acceptors (Lipinski definition) is 1. The average Bonchev–Trinajstić information content (AvgIpc) is 3.32. The van der Waals surface area contributed by atoms with Gasteiger partial charge in [0, 0.05) is 17.1 Å². The van der Waals surface area contributed by atoms with E-state index >= 15 is 0 Å². The molecule has 0 atom stereocenters. The molecule has 11 aromatic rings. The van der Waals surface area contributed by atoms with Crippen molar-refractivity contribution >= 4 is 60.2 Å². The van der Waals surface area contributed by atoms with Crippen molar-refractivity contribution in [2.75, 3.05) is 4.90 Å². The first kappa shape index (κ1) is 34.5. The van der Waals surface area contributed by atoms with Crippen molar-refractivity contribution in [2.24, 2.45) is 0 Å². The normalized spacial score (nSPS) is 11.4. The lowest BCUT2D eigenvalue weighted by molar-refractivity contribution is 1.28. The molecule has 0 amide bonds. The first-order valence-electron chi connectivity index (χ1n) is 20.3. The summed E-state index contributed by atoms with van der Waals surface area (Å²) in [6.45, 7) is 0. The molecule has 0 spiro atoms. The van der Waals surface area contributed by atoms with E-state index in [1.165, 1.54) is 87.6 Å². The van der Waals surface area contributed by atoms with Gasteiger partial charge in [0.2, 0.25) is 0 Å². The maximum atomic E-state index is 2.36. The zero-order chi connectivity index (χ0) is 39.1. The van der Waals surface area contributed by atoms with Crippen LogP contribution in [0.4, 0.5) is 17.1 Å². The van der Waals surface area contributed by atoms with E-state index in [0.717, 1.165) is 17.1 Å². The van der Waals surface area contributed by atoms with E-state index in [2.05, 4.69) is 241 Å². The molecule has 1 nitrogen and oxygen atoms in total. The van der Waals surface area contributed by atoms with Gasteiger partial charge >= 0.3 is 0 Å². The molecule has 11 rings (SSSR count). The van der Waals surface area contributed by atoms with Gasteiger partial charge in [-0.15, -0.1) is 0 Å². The molecule has 0 saturated carbocycles. The minimum Gasteiger partial charge on any atom is -0.311 e. The van der Waals surface area contributed by atoms with Crippen molar-refractivity contribution < 1.29 is 0 Å². The van der Waals surface area contributed by atoms with E-state index in [4.69, 9.17) is 0 Å². The van der Waals surface area contributed by atoms with Gasteiger partial charge in [0.15, 0.2) is 0 Å².